The molecule has 1 aromatic heterocycles. The molecule has 0 atom stereocenters. The lowest BCUT2D eigenvalue weighted by atomic mass is 9.90. The van der Waals surface area contributed by atoms with Gasteiger partial charge >= 0.3 is 6.18 Å². The third-order valence-corrected chi connectivity index (χ3v) is 5.28. The van der Waals surface area contributed by atoms with E-state index in [0.29, 0.717) is 22.6 Å². The molecular formula is C20H24ClF3N4O. The Morgan fingerprint density at radius 1 is 1.17 bits per heavy atom. The summed E-state index contributed by atoms with van der Waals surface area (Å²) in [7, 11) is 0. The standard InChI is InChI=1S/C20H24ClF3N4O/c1-2-25-11-19(29)27-14-6-4-13(5-7-14)26-17-10-18(20(22,23)24)28-16-8-3-12(21)9-15(16)17/h3,8-10,13-14,25H,2,4-7,11H2,1H3,(H,26,28)(H,27,29). The number of alkyl halides is 3. The van der Waals surface area contributed by atoms with Crippen LogP contribution in [-0.2, 0) is 11.0 Å². The Hall–Kier alpha value is -2.06. The second-order valence-corrected chi connectivity index (χ2v) is 7.69. The van der Waals surface area contributed by atoms with Crippen LogP contribution in [0.5, 0.6) is 0 Å². The van der Waals surface area contributed by atoms with E-state index >= 15 is 0 Å². The molecule has 1 heterocycles. The van der Waals surface area contributed by atoms with Gasteiger partial charge in [-0.1, -0.05) is 18.5 Å². The molecule has 29 heavy (non-hydrogen) atoms. The van der Waals surface area contributed by atoms with E-state index in [0.717, 1.165) is 38.3 Å². The van der Waals surface area contributed by atoms with Crippen molar-refractivity contribution in [2.75, 3.05) is 18.4 Å². The number of rotatable bonds is 6. The van der Waals surface area contributed by atoms with Gasteiger partial charge in [0.1, 0.15) is 5.69 Å². The molecule has 0 radical (unpaired) electrons. The van der Waals surface area contributed by atoms with E-state index in [2.05, 4.69) is 20.9 Å². The van der Waals surface area contributed by atoms with Gasteiger partial charge in [-0.05, 0) is 56.5 Å². The lowest BCUT2D eigenvalue weighted by Gasteiger charge is -2.30. The summed E-state index contributed by atoms with van der Waals surface area (Å²) in [6.07, 6.45) is -1.49. The number of pyridine rings is 1. The topological polar surface area (TPSA) is 66.1 Å². The van der Waals surface area contributed by atoms with Crippen LogP contribution in [-0.4, -0.2) is 36.1 Å². The number of carbonyl (C=O) groups is 1. The first kappa shape index (κ1) is 21.6. The second-order valence-electron chi connectivity index (χ2n) is 7.26. The summed E-state index contributed by atoms with van der Waals surface area (Å²) in [5.41, 5.74) is -0.306. The Labute approximate surface area is 172 Å². The van der Waals surface area contributed by atoms with Crippen molar-refractivity contribution < 1.29 is 18.0 Å². The number of hydrogen-bond acceptors (Lipinski definition) is 4. The summed E-state index contributed by atoms with van der Waals surface area (Å²) >= 11 is 6.04. The maximum atomic E-state index is 13.3. The monoisotopic (exact) mass is 428 g/mol. The van der Waals surface area contributed by atoms with Crippen molar-refractivity contribution in [2.24, 2.45) is 0 Å². The molecule has 5 nitrogen and oxygen atoms in total. The molecule has 1 amide bonds. The maximum absolute atomic E-state index is 13.3. The summed E-state index contributed by atoms with van der Waals surface area (Å²) in [4.78, 5) is 15.6. The zero-order valence-electron chi connectivity index (χ0n) is 16.1. The molecule has 0 aliphatic heterocycles. The molecule has 0 saturated heterocycles. The summed E-state index contributed by atoms with van der Waals surface area (Å²) in [6.45, 7) is 2.96. The number of likely N-dealkylation sites (N-methyl/N-ethyl adjacent to an activating group) is 1. The molecule has 1 aliphatic rings. The lowest BCUT2D eigenvalue weighted by molar-refractivity contribution is -0.140. The van der Waals surface area contributed by atoms with Crippen molar-refractivity contribution in [1.82, 2.24) is 15.6 Å². The number of halogens is 4. The van der Waals surface area contributed by atoms with Crippen LogP contribution in [0.2, 0.25) is 5.02 Å². The third kappa shape index (κ3) is 5.73. The maximum Gasteiger partial charge on any atom is 0.433 e. The van der Waals surface area contributed by atoms with Crippen LogP contribution in [0.1, 0.15) is 38.3 Å². The van der Waals surface area contributed by atoms with Crippen LogP contribution in [0.4, 0.5) is 18.9 Å². The lowest BCUT2D eigenvalue weighted by Crippen LogP contribution is -2.43. The first-order chi connectivity index (χ1) is 13.8. The van der Waals surface area contributed by atoms with Crippen LogP contribution >= 0.6 is 11.6 Å². The minimum absolute atomic E-state index is 0.0163. The number of anilines is 1. The molecule has 3 rings (SSSR count). The normalized spacial score (nSPS) is 19.9. The van der Waals surface area contributed by atoms with Crippen molar-refractivity contribution in [3.8, 4) is 0 Å². The average Bonchev–Trinajstić information content (AvgIpc) is 2.67. The van der Waals surface area contributed by atoms with Gasteiger partial charge in [0.15, 0.2) is 0 Å². The SMILES string of the molecule is CCNCC(=O)NC1CCC(Nc2cc(C(F)(F)F)nc3ccc(Cl)cc23)CC1. The van der Waals surface area contributed by atoms with Crippen LogP contribution < -0.4 is 16.0 Å². The van der Waals surface area contributed by atoms with E-state index < -0.39 is 11.9 Å². The third-order valence-electron chi connectivity index (χ3n) is 5.05. The highest BCUT2D eigenvalue weighted by Gasteiger charge is 2.34. The van der Waals surface area contributed by atoms with E-state index in [1.54, 1.807) is 6.07 Å². The molecule has 1 fully saturated rings. The molecule has 9 heteroatoms. The van der Waals surface area contributed by atoms with E-state index in [4.69, 9.17) is 11.6 Å². The van der Waals surface area contributed by atoms with E-state index in [-0.39, 0.29) is 23.5 Å². The van der Waals surface area contributed by atoms with Gasteiger partial charge in [-0.3, -0.25) is 4.79 Å². The predicted molar refractivity (Wildman–Crippen MR) is 108 cm³/mol. The number of amides is 1. The molecule has 1 saturated carbocycles. The van der Waals surface area contributed by atoms with Gasteiger partial charge in [0.25, 0.3) is 0 Å². The highest BCUT2D eigenvalue weighted by atomic mass is 35.5. The number of hydrogen-bond donors (Lipinski definition) is 3. The Balaban J connectivity index is 1.70. The molecule has 1 aromatic carbocycles. The Bertz CT molecular complexity index is 867. The fourth-order valence-electron chi connectivity index (χ4n) is 3.58. The highest BCUT2D eigenvalue weighted by molar-refractivity contribution is 6.31. The summed E-state index contributed by atoms with van der Waals surface area (Å²) in [5.74, 6) is -0.0344. The number of nitrogens with zero attached hydrogens (tertiary/aromatic N) is 1. The molecule has 0 spiro atoms. The van der Waals surface area contributed by atoms with Crippen LogP contribution in [0.3, 0.4) is 0 Å². The van der Waals surface area contributed by atoms with Gasteiger partial charge in [0.2, 0.25) is 5.91 Å². The molecular weight excluding hydrogens is 405 g/mol. The minimum Gasteiger partial charge on any atom is -0.382 e. The zero-order valence-corrected chi connectivity index (χ0v) is 16.8. The van der Waals surface area contributed by atoms with Gasteiger partial charge in [0, 0.05) is 28.2 Å². The fraction of sp³-hybridized carbons (Fsp3) is 0.500. The second kappa shape index (κ2) is 9.17. The Kier molecular flexibility index (Phi) is 6.85. The molecule has 2 aromatic rings. The summed E-state index contributed by atoms with van der Waals surface area (Å²) in [5, 5.41) is 10.2. The largest absolute Gasteiger partial charge is 0.433 e. The van der Waals surface area contributed by atoms with E-state index in [9.17, 15) is 18.0 Å². The van der Waals surface area contributed by atoms with Crippen molar-refractivity contribution >= 4 is 34.1 Å². The van der Waals surface area contributed by atoms with Crippen LogP contribution in [0.15, 0.2) is 24.3 Å². The smallest absolute Gasteiger partial charge is 0.382 e. The van der Waals surface area contributed by atoms with Gasteiger partial charge in [-0.25, -0.2) is 4.98 Å². The quantitative estimate of drug-likeness (QED) is 0.639. The van der Waals surface area contributed by atoms with E-state index in [1.807, 2.05) is 6.92 Å². The predicted octanol–water partition coefficient (Wildman–Crippen LogP) is 4.36. The van der Waals surface area contributed by atoms with Crippen molar-refractivity contribution in [1.29, 1.82) is 0 Å². The van der Waals surface area contributed by atoms with Gasteiger partial charge < -0.3 is 16.0 Å². The number of aromatic nitrogens is 1. The summed E-state index contributed by atoms with van der Waals surface area (Å²) in [6, 6.07) is 5.80. The number of nitrogens with one attached hydrogen (secondary N) is 3. The van der Waals surface area contributed by atoms with Crippen molar-refractivity contribution in [3.05, 3.63) is 35.0 Å². The number of benzene rings is 1. The Morgan fingerprint density at radius 3 is 2.52 bits per heavy atom. The average molecular weight is 429 g/mol. The van der Waals surface area contributed by atoms with Crippen LogP contribution in [0.25, 0.3) is 10.9 Å². The molecule has 0 unspecified atom stereocenters. The number of fused-ring (bicyclic) bond motifs is 1. The fourth-order valence-corrected chi connectivity index (χ4v) is 3.75. The van der Waals surface area contributed by atoms with E-state index in [1.165, 1.54) is 12.1 Å². The molecule has 3 N–H and O–H groups in total. The first-order valence-electron chi connectivity index (χ1n) is 9.70. The van der Waals surface area contributed by atoms with Gasteiger partial charge in [0.05, 0.1) is 12.1 Å². The highest BCUT2D eigenvalue weighted by Crippen LogP contribution is 2.35. The molecule has 1 aliphatic carbocycles. The molecule has 0 bridgehead atoms. The van der Waals surface area contributed by atoms with Gasteiger partial charge in [-0.2, -0.15) is 13.2 Å². The zero-order chi connectivity index (χ0) is 21.0. The molecule has 158 valence electrons. The minimum atomic E-state index is -4.53. The van der Waals surface area contributed by atoms with Crippen molar-refractivity contribution in [2.45, 2.75) is 50.9 Å². The first-order valence-corrected chi connectivity index (χ1v) is 10.1. The summed E-state index contributed by atoms with van der Waals surface area (Å²) < 4.78 is 39.8. The van der Waals surface area contributed by atoms with Crippen molar-refractivity contribution in [3.63, 3.8) is 0 Å². The Morgan fingerprint density at radius 2 is 1.86 bits per heavy atom. The number of carbonyl (C=O) groups excluding carboxylic acids is 1. The van der Waals surface area contributed by atoms with Gasteiger partial charge in [-0.15, -0.1) is 0 Å². The van der Waals surface area contributed by atoms with Crippen LogP contribution in [0, 0.1) is 0 Å².